The third-order valence-corrected chi connectivity index (χ3v) is 5.70. The third-order valence-electron chi connectivity index (χ3n) is 4.87. The number of fused-ring (bicyclic) bond motifs is 1. The van der Waals surface area contributed by atoms with Gasteiger partial charge in [-0.3, -0.25) is 10.1 Å². The summed E-state index contributed by atoms with van der Waals surface area (Å²) in [6, 6.07) is -0.366. The van der Waals surface area contributed by atoms with Gasteiger partial charge < -0.3 is 20.5 Å². The summed E-state index contributed by atoms with van der Waals surface area (Å²) >= 11 is 1.29. The Balaban J connectivity index is 1.83. The van der Waals surface area contributed by atoms with E-state index in [2.05, 4.69) is 30.5 Å². The Morgan fingerprint density at radius 3 is 2.60 bits per heavy atom. The molecule has 0 aliphatic carbocycles. The molecule has 0 aromatic carbocycles. The van der Waals surface area contributed by atoms with Gasteiger partial charge in [-0.25, -0.2) is 14.8 Å². The van der Waals surface area contributed by atoms with Crippen molar-refractivity contribution in [3.63, 3.8) is 0 Å². The number of hydrogen-bond acceptors (Lipinski definition) is 8. The minimum Gasteiger partial charge on any atom is -0.364 e. The average molecular weight is 430 g/mol. The van der Waals surface area contributed by atoms with E-state index in [1.165, 1.54) is 17.8 Å². The van der Waals surface area contributed by atoms with Crippen LogP contribution in [0, 0.1) is 0 Å². The number of aryl methyl sites for hydroxylation is 1. The van der Waals surface area contributed by atoms with Gasteiger partial charge in [0.05, 0.1) is 0 Å². The van der Waals surface area contributed by atoms with E-state index in [4.69, 9.17) is 10.7 Å². The van der Waals surface area contributed by atoms with Crippen molar-refractivity contribution in [2.24, 2.45) is 12.8 Å². The minimum absolute atomic E-state index is 0.197. The molecule has 4 heterocycles. The minimum atomic E-state index is -0.585. The lowest BCUT2D eigenvalue weighted by atomic mass is 10.1. The summed E-state index contributed by atoms with van der Waals surface area (Å²) < 4.78 is 1.79. The molecule has 30 heavy (non-hydrogen) atoms. The maximum absolute atomic E-state index is 12.0. The standard InChI is InChI=1S/C18H23N9O2S/c1-3-20-18(29)25-17-23-13-11(14(24-17)27-7-5-4-6-8-27)22-15(26(13)2)16-21-10(9-30-16)12(19)28/h9H,3-8H2,1-2H3,(H2,19,28)(H2,20,23,24,25,29). The summed E-state index contributed by atoms with van der Waals surface area (Å²) in [5.74, 6) is 0.865. The van der Waals surface area contributed by atoms with Crippen molar-refractivity contribution in [2.45, 2.75) is 26.2 Å². The van der Waals surface area contributed by atoms with E-state index in [0.29, 0.717) is 34.4 Å². The van der Waals surface area contributed by atoms with E-state index in [-0.39, 0.29) is 17.7 Å². The molecule has 12 heteroatoms. The lowest BCUT2D eigenvalue weighted by molar-refractivity contribution is 0.0996. The fraction of sp³-hybridized carbons (Fsp3) is 0.444. The monoisotopic (exact) mass is 429 g/mol. The zero-order chi connectivity index (χ0) is 21.3. The second-order valence-electron chi connectivity index (χ2n) is 6.97. The molecule has 1 aliphatic rings. The Morgan fingerprint density at radius 2 is 1.93 bits per heavy atom. The molecule has 0 radical (unpaired) electrons. The van der Waals surface area contributed by atoms with Crippen LogP contribution in [0.1, 0.15) is 36.7 Å². The lowest BCUT2D eigenvalue weighted by Crippen LogP contribution is -2.32. The largest absolute Gasteiger partial charge is 0.364 e. The highest BCUT2D eigenvalue weighted by molar-refractivity contribution is 7.13. The van der Waals surface area contributed by atoms with Gasteiger partial charge in [0, 0.05) is 32.1 Å². The first-order valence-corrected chi connectivity index (χ1v) is 10.7. The highest BCUT2D eigenvalue weighted by atomic mass is 32.1. The zero-order valence-corrected chi connectivity index (χ0v) is 17.6. The topological polar surface area (TPSA) is 144 Å². The summed E-state index contributed by atoms with van der Waals surface area (Å²) in [7, 11) is 1.82. The van der Waals surface area contributed by atoms with Gasteiger partial charge in [0.25, 0.3) is 5.91 Å². The van der Waals surface area contributed by atoms with Crippen LogP contribution in [-0.4, -0.2) is 56.1 Å². The van der Waals surface area contributed by atoms with Gasteiger partial charge in [-0.05, 0) is 26.2 Å². The number of carbonyl (C=O) groups excluding carboxylic acids is 2. The number of imidazole rings is 1. The maximum atomic E-state index is 12.0. The van der Waals surface area contributed by atoms with Crippen molar-refractivity contribution in [3.8, 4) is 10.8 Å². The van der Waals surface area contributed by atoms with Crippen LogP contribution in [-0.2, 0) is 7.05 Å². The first-order chi connectivity index (χ1) is 14.5. The molecule has 3 aromatic heterocycles. The van der Waals surface area contributed by atoms with E-state index in [1.807, 2.05) is 14.0 Å². The predicted molar refractivity (Wildman–Crippen MR) is 115 cm³/mol. The molecule has 0 bridgehead atoms. The molecule has 0 spiro atoms. The van der Waals surface area contributed by atoms with Crippen LogP contribution in [0.4, 0.5) is 16.6 Å². The van der Waals surface area contributed by atoms with Gasteiger partial charge >= 0.3 is 6.03 Å². The van der Waals surface area contributed by atoms with Crippen molar-refractivity contribution < 1.29 is 9.59 Å². The Hall–Kier alpha value is -3.28. The molecular formula is C18H23N9O2S. The number of piperidine rings is 1. The number of urea groups is 1. The number of anilines is 2. The molecule has 1 fully saturated rings. The maximum Gasteiger partial charge on any atom is 0.321 e. The molecule has 3 amide bonds. The third kappa shape index (κ3) is 3.77. The van der Waals surface area contributed by atoms with Gasteiger partial charge in [0.2, 0.25) is 5.95 Å². The van der Waals surface area contributed by atoms with Crippen molar-refractivity contribution >= 4 is 46.2 Å². The van der Waals surface area contributed by atoms with E-state index in [0.717, 1.165) is 25.9 Å². The van der Waals surface area contributed by atoms with Gasteiger partial charge in [-0.1, -0.05) is 0 Å². The van der Waals surface area contributed by atoms with Crippen LogP contribution < -0.4 is 21.3 Å². The molecule has 1 aliphatic heterocycles. The number of carbonyl (C=O) groups is 2. The molecule has 158 valence electrons. The summed E-state index contributed by atoms with van der Waals surface area (Å²) in [6.07, 6.45) is 3.31. The van der Waals surface area contributed by atoms with Crippen LogP contribution in [0.2, 0.25) is 0 Å². The number of nitrogens with zero attached hydrogens (tertiary/aromatic N) is 6. The first-order valence-electron chi connectivity index (χ1n) is 9.78. The normalized spacial score (nSPS) is 14.1. The summed E-state index contributed by atoms with van der Waals surface area (Å²) in [4.78, 5) is 43.8. The number of hydrogen-bond donors (Lipinski definition) is 3. The zero-order valence-electron chi connectivity index (χ0n) is 16.8. The molecule has 11 nitrogen and oxygen atoms in total. The van der Waals surface area contributed by atoms with Gasteiger partial charge in [0.1, 0.15) is 5.69 Å². The highest BCUT2D eigenvalue weighted by Gasteiger charge is 2.24. The number of aromatic nitrogens is 5. The van der Waals surface area contributed by atoms with E-state index in [1.54, 1.807) is 9.95 Å². The van der Waals surface area contributed by atoms with Crippen molar-refractivity contribution in [1.82, 2.24) is 29.8 Å². The van der Waals surface area contributed by atoms with Crippen molar-refractivity contribution in [1.29, 1.82) is 0 Å². The van der Waals surface area contributed by atoms with Crippen LogP contribution in [0.15, 0.2) is 5.38 Å². The molecule has 4 N–H and O–H groups in total. The Bertz CT molecular complexity index is 1100. The Labute approximate surface area is 176 Å². The van der Waals surface area contributed by atoms with E-state index in [9.17, 15) is 9.59 Å². The highest BCUT2D eigenvalue weighted by Crippen LogP contribution is 2.31. The van der Waals surface area contributed by atoms with Gasteiger partial charge in [0.15, 0.2) is 27.8 Å². The second kappa shape index (κ2) is 8.22. The van der Waals surface area contributed by atoms with Crippen molar-refractivity contribution in [2.75, 3.05) is 29.9 Å². The van der Waals surface area contributed by atoms with E-state index >= 15 is 0 Å². The molecule has 0 saturated carbocycles. The fourth-order valence-electron chi connectivity index (χ4n) is 3.42. The molecular weight excluding hydrogens is 406 g/mol. The quantitative estimate of drug-likeness (QED) is 0.560. The van der Waals surface area contributed by atoms with Gasteiger partial charge in [-0.15, -0.1) is 11.3 Å². The number of nitrogens with one attached hydrogen (secondary N) is 2. The number of primary amides is 1. The predicted octanol–water partition coefficient (Wildman–Crippen LogP) is 1.72. The van der Waals surface area contributed by atoms with Crippen LogP contribution in [0.5, 0.6) is 0 Å². The summed E-state index contributed by atoms with van der Waals surface area (Å²) in [5, 5.41) is 7.55. The van der Waals surface area contributed by atoms with Crippen LogP contribution >= 0.6 is 11.3 Å². The molecule has 3 aromatic rings. The lowest BCUT2D eigenvalue weighted by Gasteiger charge is -2.27. The van der Waals surface area contributed by atoms with Crippen LogP contribution in [0.25, 0.3) is 22.0 Å². The van der Waals surface area contributed by atoms with Gasteiger partial charge in [-0.2, -0.15) is 9.97 Å². The first kappa shape index (κ1) is 20.0. The number of nitrogens with two attached hydrogens (primary N) is 1. The smallest absolute Gasteiger partial charge is 0.321 e. The summed E-state index contributed by atoms with van der Waals surface area (Å²) in [5.41, 5.74) is 6.73. The molecule has 0 atom stereocenters. The SMILES string of the molecule is CCNC(=O)Nc1nc(N2CCCCC2)c2nc(-c3nc(C(N)=O)cs3)n(C)c2n1. The summed E-state index contributed by atoms with van der Waals surface area (Å²) in [6.45, 7) is 4.06. The number of rotatable bonds is 5. The Kier molecular flexibility index (Phi) is 5.48. The molecule has 4 rings (SSSR count). The van der Waals surface area contributed by atoms with Crippen LogP contribution in [0.3, 0.4) is 0 Å². The molecule has 1 saturated heterocycles. The Morgan fingerprint density at radius 1 is 1.17 bits per heavy atom. The number of amides is 3. The average Bonchev–Trinajstić information content (AvgIpc) is 3.34. The van der Waals surface area contributed by atoms with Crippen molar-refractivity contribution in [3.05, 3.63) is 11.1 Å². The molecule has 0 unspecified atom stereocenters. The van der Waals surface area contributed by atoms with E-state index < -0.39 is 5.91 Å². The fourth-order valence-corrected chi connectivity index (χ4v) is 4.25. The number of thiazole rings is 1. The second-order valence-corrected chi connectivity index (χ2v) is 7.83.